The van der Waals surface area contributed by atoms with E-state index in [-0.39, 0.29) is 0 Å². The van der Waals surface area contributed by atoms with Crippen LogP contribution in [0, 0.1) is 0 Å². The van der Waals surface area contributed by atoms with Crippen LogP contribution in [0.4, 0.5) is 0 Å². The summed E-state index contributed by atoms with van der Waals surface area (Å²) in [7, 11) is 0. The predicted octanol–water partition coefficient (Wildman–Crippen LogP) is 0.122. The molecule has 0 aliphatic carbocycles. The van der Waals surface area contributed by atoms with Crippen molar-refractivity contribution in [2.75, 3.05) is 0 Å². The Hall–Kier alpha value is -1.03. The first-order valence-corrected chi connectivity index (χ1v) is 1.74. The van der Waals surface area contributed by atoms with Gasteiger partial charge in [-0.2, -0.15) is 0 Å². The van der Waals surface area contributed by atoms with E-state index in [4.69, 9.17) is 5.21 Å². The molecule has 1 rings (SSSR count). The summed E-state index contributed by atoms with van der Waals surface area (Å²) in [5, 5.41) is 11.9. The van der Waals surface area contributed by atoms with Crippen molar-refractivity contribution in [3.05, 3.63) is 12.3 Å². The molecule has 0 saturated carbocycles. The van der Waals surface area contributed by atoms with Crippen molar-refractivity contribution in [2.24, 2.45) is 5.10 Å². The van der Waals surface area contributed by atoms with Crippen molar-refractivity contribution in [1.82, 2.24) is 5.34 Å². The van der Waals surface area contributed by atoms with E-state index in [0.29, 0.717) is 5.34 Å². The lowest BCUT2D eigenvalue weighted by Crippen LogP contribution is -2.10. The minimum atomic E-state index is 0.375. The number of hydrazone groups is 1. The second kappa shape index (κ2) is 1.61. The van der Waals surface area contributed by atoms with E-state index in [9.17, 15) is 0 Å². The molecule has 0 aromatic rings. The molecule has 7 heavy (non-hydrogen) atoms. The lowest BCUT2D eigenvalue weighted by Gasteiger charge is -2.07. The van der Waals surface area contributed by atoms with Gasteiger partial charge < -0.3 is 4.84 Å². The molecular formula is C3H4N2O2. The second-order valence-corrected chi connectivity index (χ2v) is 0.951. The SMILES string of the molecule is ON1N=CC=CO1. The molecule has 0 aromatic carbocycles. The Morgan fingerprint density at radius 1 is 1.71 bits per heavy atom. The molecule has 4 nitrogen and oxygen atoms in total. The van der Waals surface area contributed by atoms with E-state index in [0.717, 1.165) is 0 Å². The summed E-state index contributed by atoms with van der Waals surface area (Å²) in [6, 6.07) is 0. The molecule has 38 valence electrons. The molecule has 0 aromatic heterocycles. The topological polar surface area (TPSA) is 45.1 Å². The molecule has 0 amide bonds. The van der Waals surface area contributed by atoms with Gasteiger partial charge in [0, 0.05) is 5.34 Å². The fraction of sp³-hybridized carbons (Fsp3) is 0. The highest BCUT2D eigenvalue weighted by atomic mass is 16.9. The maximum atomic E-state index is 8.27. The van der Waals surface area contributed by atoms with Gasteiger partial charge in [0.1, 0.15) is 6.26 Å². The average molecular weight is 100 g/mol. The van der Waals surface area contributed by atoms with Gasteiger partial charge in [0.05, 0.1) is 6.21 Å². The quantitative estimate of drug-likeness (QED) is 0.470. The van der Waals surface area contributed by atoms with Crippen molar-refractivity contribution in [3.63, 3.8) is 0 Å². The zero-order valence-electron chi connectivity index (χ0n) is 3.48. The van der Waals surface area contributed by atoms with Crippen molar-refractivity contribution >= 4 is 6.21 Å². The summed E-state index contributed by atoms with van der Waals surface area (Å²) >= 11 is 0. The van der Waals surface area contributed by atoms with Crippen LogP contribution in [0.25, 0.3) is 0 Å². The molecule has 0 radical (unpaired) electrons. The highest BCUT2D eigenvalue weighted by molar-refractivity contribution is 5.70. The van der Waals surface area contributed by atoms with Crippen LogP contribution in [0.2, 0.25) is 0 Å². The van der Waals surface area contributed by atoms with Crippen LogP contribution < -0.4 is 0 Å². The fourth-order valence-electron chi connectivity index (χ4n) is 0.247. The maximum Gasteiger partial charge on any atom is 0.125 e. The molecule has 0 unspecified atom stereocenters. The molecule has 0 fully saturated rings. The molecule has 0 spiro atoms. The molecule has 1 heterocycles. The standard InChI is InChI=1S/C3H4N2O2/c6-5-4-2-1-3-7-5/h1-3,6H. The Kier molecular flexibility index (Phi) is 0.953. The average Bonchev–Trinajstić information content (AvgIpc) is 1.69. The zero-order valence-corrected chi connectivity index (χ0v) is 3.48. The monoisotopic (exact) mass is 100 g/mol. The second-order valence-electron chi connectivity index (χ2n) is 0.951. The van der Waals surface area contributed by atoms with E-state index in [1.807, 2.05) is 0 Å². The van der Waals surface area contributed by atoms with Gasteiger partial charge in [0.25, 0.3) is 0 Å². The smallest absolute Gasteiger partial charge is 0.125 e. The maximum absolute atomic E-state index is 8.27. The van der Waals surface area contributed by atoms with Crippen molar-refractivity contribution in [1.29, 1.82) is 0 Å². The van der Waals surface area contributed by atoms with Crippen LogP contribution in [-0.2, 0) is 4.84 Å². The van der Waals surface area contributed by atoms with Crippen molar-refractivity contribution in [3.8, 4) is 0 Å². The molecule has 1 aliphatic heterocycles. The van der Waals surface area contributed by atoms with Gasteiger partial charge in [0.15, 0.2) is 0 Å². The molecule has 4 heteroatoms. The fourth-order valence-corrected chi connectivity index (χ4v) is 0.247. The summed E-state index contributed by atoms with van der Waals surface area (Å²) in [5.74, 6) is 0. The largest absolute Gasteiger partial charge is 0.346 e. The van der Waals surface area contributed by atoms with Crippen LogP contribution >= 0.6 is 0 Å². The molecule has 0 bridgehead atoms. The van der Waals surface area contributed by atoms with Crippen LogP contribution in [0.5, 0.6) is 0 Å². The number of hydrogen-bond donors (Lipinski definition) is 1. The van der Waals surface area contributed by atoms with Crippen molar-refractivity contribution in [2.45, 2.75) is 0 Å². The first kappa shape index (κ1) is 4.14. The number of nitrogens with zero attached hydrogens (tertiary/aromatic N) is 2. The van der Waals surface area contributed by atoms with Gasteiger partial charge >= 0.3 is 0 Å². The first-order valence-electron chi connectivity index (χ1n) is 1.74. The molecule has 0 atom stereocenters. The molecule has 1 aliphatic rings. The summed E-state index contributed by atoms with van der Waals surface area (Å²) in [5.41, 5.74) is 0. The molecule has 0 saturated heterocycles. The van der Waals surface area contributed by atoms with Crippen molar-refractivity contribution < 1.29 is 10.0 Å². The van der Waals surface area contributed by atoms with E-state index >= 15 is 0 Å². The Balaban J connectivity index is 2.49. The van der Waals surface area contributed by atoms with Gasteiger partial charge in [-0.05, 0) is 6.08 Å². The van der Waals surface area contributed by atoms with Gasteiger partial charge in [0.2, 0.25) is 0 Å². The highest BCUT2D eigenvalue weighted by Crippen LogP contribution is 1.89. The minimum Gasteiger partial charge on any atom is -0.346 e. The van der Waals surface area contributed by atoms with Crippen LogP contribution in [0.15, 0.2) is 17.4 Å². The Labute approximate surface area is 40.2 Å². The highest BCUT2D eigenvalue weighted by Gasteiger charge is 1.90. The normalized spacial score (nSPS) is 17.0. The Morgan fingerprint density at radius 3 is 2.86 bits per heavy atom. The Morgan fingerprint density at radius 2 is 2.57 bits per heavy atom. The van der Waals surface area contributed by atoms with Gasteiger partial charge in [-0.15, -0.1) is 5.10 Å². The summed E-state index contributed by atoms with van der Waals surface area (Å²) < 4.78 is 0. The Bertz CT molecular complexity index is 110. The lowest BCUT2D eigenvalue weighted by molar-refractivity contribution is -0.311. The first-order chi connectivity index (χ1) is 3.39. The number of hydrogen-bond acceptors (Lipinski definition) is 4. The summed E-state index contributed by atoms with van der Waals surface area (Å²) in [6.45, 7) is 0. The lowest BCUT2D eigenvalue weighted by atomic mass is 10.7. The van der Waals surface area contributed by atoms with Crippen LogP contribution in [0.3, 0.4) is 0 Å². The summed E-state index contributed by atoms with van der Waals surface area (Å²) in [4.78, 5) is 4.29. The van der Waals surface area contributed by atoms with Gasteiger partial charge in [-0.1, -0.05) is 0 Å². The van der Waals surface area contributed by atoms with Gasteiger partial charge in [-0.25, -0.2) is 5.21 Å². The van der Waals surface area contributed by atoms with Crippen LogP contribution in [0.1, 0.15) is 0 Å². The minimum absolute atomic E-state index is 0.375. The third-order valence-electron chi connectivity index (χ3n) is 0.485. The number of allylic oxidation sites excluding steroid dienone is 1. The third kappa shape index (κ3) is 0.902. The zero-order chi connectivity index (χ0) is 5.11. The predicted molar refractivity (Wildman–Crippen MR) is 22.3 cm³/mol. The summed E-state index contributed by atoms with van der Waals surface area (Å²) in [6.07, 6.45) is 4.28. The number of rotatable bonds is 0. The molecule has 1 N–H and O–H groups in total. The molecular weight excluding hydrogens is 96.0 g/mol. The van der Waals surface area contributed by atoms with E-state index in [1.165, 1.54) is 12.5 Å². The third-order valence-corrected chi connectivity index (χ3v) is 0.485. The van der Waals surface area contributed by atoms with E-state index < -0.39 is 0 Å². The van der Waals surface area contributed by atoms with Gasteiger partial charge in [-0.3, -0.25) is 0 Å². The van der Waals surface area contributed by atoms with E-state index in [2.05, 4.69) is 9.94 Å². The van der Waals surface area contributed by atoms with Crippen LogP contribution in [-0.4, -0.2) is 16.8 Å². The van der Waals surface area contributed by atoms with E-state index in [1.54, 1.807) is 6.08 Å².